The van der Waals surface area contributed by atoms with Gasteiger partial charge in [0.1, 0.15) is 23.7 Å². The molecule has 10 heteroatoms. The Bertz CT molecular complexity index is 979. The highest BCUT2D eigenvalue weighted by atomic mass is 16.6. The van der Waals surface area contributed by atoms with Crippen LogP contribution in [0.5, 0.6) is 0 Å². The number of nitrogens with one attached hydrogen (secondary N) is 2. The van der Waals surface area contributed by atoms with Crippen LogP contribution in [0.2, 0.25) is 0 Å². The third kappa shape index (κ3) is 14.0. The zero-order chi connectivity index (χ0) is 31.2. The number of benzene rings is 1. The van der Waals surface area contributed by atoms with E-state index in [1.54, 1.807) is 20.8 Å². The van der Waals surface area contributed by atoms with Gasteiger partial charge in [-0.2, -0.15) is 0 Å². The first-order valence-electron chi connectivity index (χ1n) is 14.8. The van der Waals surface area contributed by atoms with Crippen LogP contribution >= 0.6 is 0 Å². The van der Waals surface area contributed by atoms with Crippen molar-refractivity contribution >= 4 is 23.7 Å². The number of primary amides is 1. The first-order valence-corrected chi connectivity index (χ1v) is 14.8. The summed E-state index contributed by atoms with van der Waals surface area (Å²) in [5.74, 6) is -1.91. The van der Waals surface area contributed by atoms with Crippen molar-refractivity contribution < 1.29 is 23.9 Å². The van der Waals surface area contributed by atoms with Crippen molar-refractivity contribution in [1.29, 1.82) is 0 Å². The Morgan fingerprint density at radius 3 is 2.07 bits per heavy atom. The summed E-state index contributed by atoms with van der Waals surface area (Å²) in [7, 11) is 0. The third-order valence-corrected chi connectivity index (χ3v) is 6.80. The molecular formula is C31H53N5O5. The number of hydrogen-bond acceptors (Lipinski definition) is 7. The number of nitrogens with two attached hydrogens (primary N) is 3. The average Bonchev–Trinajstić information content (AvgIpc) is 2.87. The minimum absolute atomic E-state index is 0.139. The second-order valence-electron chi connectivity index (χ2n) is 12.4. The van der Waals surface area contributed by atoms with E-state index in [-0.39, 0.29) is 12.3 Å². The van der Waals surface area contributed by atoms with E-state index in [4.69, 9.17) is 21.9 Å². The lowest BCUT2D eigenvalue weighted by atomic mass is 9.85. The van der Waals surface area contributed by atoms with Gasteiger partial charge < -0.3 is 32.6 Å². The number of ether oxygens (including phenoxy) is 1. The molecule has 4 atom stereocenters. The van der Waals surface area contributed by atoms with Crippen LogP contribution in [0.25, 0.3) is 0 Å². The molecule has 0 radical (unpaired) electrons. The van der Waals surface area contributed by atoms with Gasteiger partial charge in [0.05, 0.1) is 5.54 Å². The van der Waals surface area contributed by atoms with E-state index in [9.17, 15) is 19.2 Å². The first kappa shape index (κ1) is 36.0. The summed E-state index contributed by atoms with van der Waals surface area (Å²) in [5.41, 5.74) is 17.5. The molecule has 0 aromatic heterocycles. The Labute approximate surface area is 245 Å². The zero-order valence-corrected chi connectivity index (χ0v) is 25.8. The number of esters is 1. The predicted molar refractivity (Wildman–Crippen MR) is 161 cm³/mol. The van der Waals surface area contributed by atoms with E-state index in [0.29, 0.717) is 44.9 Å². The number of carbonyl (C=O) groups excluding carboxylic acids is 4. The number of rotatable bonds is 18. The van der Waals surface area contributed by atoms with Crippen LogP contribution in [0.15, 0.2) is 30.3 Å². The lowest BCUT2D eigenvalue weighted by Crippen LogP contribution is -2.60. The molecule has 232 valence electrons. The van der Waals surface area contributed by atoms with Crippen molar-refractivity contribution in [2.45, 2.75) is 129 Å². The summed E-state index contributed by atoms with van der Waals surface area (Å²) < 4.78 is 5.37. The summed E-state index contributed by atoms with van der Waals surface area (Å²) in [6.07, 6.45) is 4.12. The molecule has 10 nitrogen and oxygen atoms in total. The minimum Gasteiger partial charge on any atom is -0.459 e. The van der Waals surface area contributed by atoms with Crippen LogP contribution in [0.1, 0.15) is 98.5 Å². The fourth-order valence-electron chi connectivity index (χ4n) is 4.59. The van der Waals surface area contributed by atoms with E-state index in [1.165, 1.54) is 0 Å². The molecule has 0 spiro atoms. The predicted octanol–water partition coefficient (Wildman–Crippen LogP) is 2.85. The first-order chi connectivity index (χ1) is 19.1. The van der Waals surface area contributed by atoms with Crippen molar-refractivity contribution in [1.82, 2.24) is 10.6 Å². The molecular weight excluding hydrogens is 522 g/mol. The maximum Gasteiger partial charge on any atom is 0.323 e. The fourth-order valence-corrected chi connectivity index (χ4v) is 4.59. The Morgan fingerprint density at radius 1 is 0.927 bits per heavy atom. The third-order valence-electron chi connectivity index (χ3n) is 6.80. The topological polar surface area (TPSA) is 180 Å². The van der Waals surface area contributed by atoms with Crippen molar-refractivity contribution in [3.05, 3.63) is 35.9 Å². The Balaban J connectivity index is 3.01. The molecule has 1 unspecified atom stereocenters. The molecule has 0 bridgehead atoms. The highest BCUT2D eigenvalue weighted by Gasteiger charge is 2.36. The molecule has 1 rings (SSSR count). The van der Waals surface area contributed by atoms with E-state index < -0.39 is 53.0 Å². The molecule has 3 amide bonds. The molecule has 0 aliphatic heterocycles. The summed E-state index contributed by atoms with van der Waals surface area (Å²) in [6.45, 7) is 11.1. The molecule has 0 aliphatic rings. The lowest BCUT2D eigenvalue weighted by molar-refractivity contribution is -0.156. The van der Waals surface area contributed by atoms with Crippen LogP contribution in [-0.4, -0.2) is 53.0 Å². The van der Waals surface area contributed by atoms with Gasteiger partial charge in [0.25, 0.3) is 0 Å². The van der Waals surface area contributed by atoms with Gasteiger partial charge in [-0.3, -0.25) is 19.2 Å². The minimum atomic E-state index is -1.30. The van der Waals surface area contributed by atoms with Gasteiger partial charge in [0, 0.05) is 0 Å². The van der Waals surface area contributed by atoms with Crippen LogP contribution in [0.3, 0.4) is 0 Å². The van der Waals surface area contributed by atoms with Gasteiger partial charge in [0.2, 0.25) is 17.7 Å². The van der Waals surface area contributed by atoms with E-state index in [1.807, 2.05) is 51.1 Å². The Kier molecular flexibility index (Phi) is 15.0. The van der Waals surface area contributed by atoms with Crippen LogP contribution < -0.4 is 27.8 Å². The maximum atomic E-state index is 13.7. The van der Waals surface area contributed by atoms with Gasteiger partial charge >= 0.3 is 5.97 Å². The largest absolute Gasteiger partial charge is 0.459 e. The van der Waals surface area contributed by atoms with Crippen LogP contribution in [0.4, 0.5) is 0 Å². The number of carbonyl (C=O) groups is 4. The Morgan fingerprint density at radius 2 is 1.54 bits per heavy atom. The molecule has 1 aromatic rings. The monoisotopic (exact) mass is 575 g/mol. The van der Waals surface area contributed by atoms with Crippen LogP contribution in [0, 0.1) is 5.92 Å². The molecule has 0 saturated carbocycles. The van der Waals surface area contributed by atoms with Crippen molar-refractivity contribution in [2.75, 3.05) is 0 Å². The second-order valence-corrected chi connectivity index (χ2v) is 12.4. The smallest absolute Gasteiger partial charge is 0.323 e. The number of hydrogen-bond donors (Lipinski definition) is 5. The van der Waals surface area contributed by atoms with Crippen LogP contribution in [-0.2, 0) is 30.3 Å². The average molecular weight is 576 g/mol. The molecule has 0 aliphatic carbocycles. The second kappa shape index (κ2) is 17.1. The van der Waals surface area contributed by atoms with Gasteiger partial charge in [-0.25, -0.2) is 0 Å². The van der Waals surface area contributed by atoms with Crippen molar-refractivity contribution in [3.8, 4) is 0 Å². The molecule has 0 heterocycles. The van der Waals surface area contributed by atoms with Gasteiger partial charge in [0.15, 0.2) is 0 Å². The molecule has 1 aromatic carbocycles. The van der Waals surface area contributed by atoms with E-state index in [0.717, 1.165) is 12.0 Å². The van der Waals surface area contributed by atoms with Gasteiger partial charge in [-0.15, -0.1) is 0 Å². The van der Waals surface area contributed by atoms with E-state index in [2.05, 4.69) is 10.6 Å². The van der Waals surface area contributed by atoms with Gasteiger partial charge in [-0.1, -0.05) is 57.5 Å². The number of aryl methyl sites for hydroxylation is 1. The molecule has 41 heavy (non-hydrogen) atoms. The summed E-state index contributed by atoms with van der Waals surface area (Å²) in [5, 5.41) is 5.55. The Hall–Kier alpha value is -2.98. The zero-order valence-electron chi connectivity index (χ0n) is 25.8. The standard InChI is InChI=1S/C31H53N5O5/c1-7-13-24(27(38)35-25(26(33)37)20-21(2)3)36-29(40)31(34,18-11-16-22-14-9-8-10-15-22)19-12-17-23(32)28(39)41-30(4,5)6/h8-10,14-15,21,23-25H,7,11-13,16-20,32,34H2,1-6H3,(H2,33,37)(H,35,38)(H,36,40)/t23?,24-,25-,31-/m0/s1. The number of amides is 3. The molecule has 8 N–H and O–H groups in total. The quantitative estimate of drug-likeness (QED) is 0.167. The lowest BCUT2D eigenvalue weighted by Gasteiger charge is -2.31. The fraction of sp³-hybridized carbons (Fsp3) is 0.677. The molecule has 0 saturated heterocycles. The van der Waals surface area contributed by atoms with Crippen molar-refractivity contribution in [3.63, 3.8) is 0 Å². The summed E-state index contributed by atoms with van der Waals surface area (Å²) >= 11 is 0. The van der Waals surface area contributed by atoms with E-state index >= 15 is 0 Å². The molecule has 0 fully saturated rings. The normalized spacial score (nSPS) is 15.3. The highest BCUT2D eigenvalue weighted by molar-refractivity contribution is 5.94. The van der Waals surface area contributed by atoms with Gasteiger partial charge in [-0.05, 0) is 83.6 Å². The highest BCUT2D eigenvalue weighted by Crippen LogP contribution is 2.22. The van der Waals surface area contributed by atoms with Crippen molar-refractivity contribution in [2.24, 2.45) is 23.1 Å². The maximum absolute atomic E-state index is 13.7. The summed E-state index contributed by atoms with van der Waals surface area (Å²) in [4.78, 5) is 51.1. The summed E-state index contributed by atoms with van der Waals surface area (Å²) in [6, 6.07) is 7.37. The SMILES string of the molecule is CCC[C@H](NC(=O)[C@](N)(CCCc1ccccc1)CCCC(N)C(=O)OC(C)(C)C)C(=O)N[C@@H](CC(C)C)C(N)=O.